The molecule has 1 aromatic heterocycles. The lowest BCUT2D eigenvalue weighted by Crippen LogP contribution is -2.40. The minimum atomic E-state index is -0.0587. The van der Waals surface area contributed by atoms with Crippen molar-refractivity contribution in [3.63, 3.8) is 0 Å². The molecule has 1 aliphatic heterocycles. The Morgan fingerprint density at radius 1 is 1.32 bits per heavy atom. The lowest BCUT2D eigenvalue weighted by Gasteiger charge is -2.22. The quantitative estimate of drug-likeness (QED) is 0.792. The van der Waals surface area contributed by atoms with Crippen molar-refractivity contribution >= 4 is 11.8 Å². The van der Waals surface area contributed by atoms with Crippen LogP contribution in [0.3, 0.4) is 0 Å². The minimum Gasteiger partial charge on any atom is -0.344 e. The van der Waals surface area contributed by atoms with Crippen LogP contribution in [0.25, 0.3) is 0 Å². The van der Waals surface area contributed by atoms with Crippen LogP contribution < -0.4 is 5.32 Å². The molecule has 2 aliphatic rings. The summed E-state index contributed by atoms with van der Waals surface area (Å²) in [4.78, 5) is 32.7. The smallest absolute Gasteiger partial charge is 0.234 e. The molecule has 0 radical (unpaired) electrons. The first-order chi connectivity index (χ1) is 12.2. The Morgan fingerprint density at radius 3 is 2.96 bits per heavy atom. The van der Waals surface area contributed by atoms with Crippen molar-refractivity contribution in [1.82, 2.24) is 20.1 Å². The number of carbonyl (C=O) groups is 2. The van der Waals surface area contributed by atoms with Gasteiger partial charge in [0.15, 0.2) is 0 Å². The highest BCUT2D eigenvalue weighted by molar-refractivity contribution is 5.83. The number of aromatic nitrogens is 1. The van der Waals surface area contributed by atoms with Crippen LogP contribution >= 0.6 is 0 Å². The van der Waals surface area contributed by atoms with Gasteiger partial charge in [-0.2, -0.15) is 0 Å². The molecule has 0 bridgehead atoms. The molecule has 1 saturated heterocycles. The normalized spacial score (nSPS) is 23.4. The monoisotopic (exact) mass is 340 g/mol. The maximum atomic E-state index is 12.8. The summed E-state index contributed by atoms with van der Waals surface area (Å²) in [6.07, 6.45) is 10.6. The Bertz CT molecular complexity index is 655. The molecule has 2 heterocycles. The first kappa shape index (κ1) is 17.4. The number of nitrogens with zero attached hydrogens (tertiary/aromatic N) is 3. The predicted octanol–water partition coefficient (Wildman–Crippen LogP) is 0.469. The zero-order chi connectivity index (χ0) is 17.6. The van der Waals surface area contributed by atoms with Gasteiger partial charge in [-0.15, -0.1) is 6.42 Å². The Kier molecular flexibility index (Phi) is 5.67. The van der Waals surface area contributed by atoms with Crippen molar-refractivity contribution in [2.45, 2.75) is 18.8 Å². The van der Waals surface area contributed by atoms with Crippen molar-refractivity contribution in [3.8, 4) is 12.3 Å². The Balaban J connectivity index is 1.48. The van der Waals surface area contributed by atoms with Crippen LogP contribution in [-0.2, 0) is 9.59 Å². The van der Waals surface area contributed by atoms with Crippen molar-refractivity contribution in [2.24, 2.45) is 5.92 Å². The zero-order valence-electron chi connectivity index (χ0n) is 14.4. The van der Waals surface area contributed by atoms with Gasteiger partial charge in [0.05, 0.1) is 13.1 Å². The van der Waals surface area contributed by atoms with Crippen molar-refractivity contribution in [2.75, 3.05) is 39.3 Å². The fourth-order valence-corrected chi connectivity index (χ4v) is 3.42. The average Bonchev–Trinajstić information content (AvgIpc) is 3.44. The minimum absolute atomic E-state index is 0.0587. The second-order valence-electron chi connectivity index (χ2n) is 6.67. The number of amides is 2. The summed E-state index contributed by atoms with van der Waals surface area (Å²) in [6, 6.07) is 3.97. The third kappa shape index (κ3) is 4.58. The van der Waals surface area contributed by atoms with Crippen LogP contribution in [0.4, 0.5) is 0 Å². The maximum Gasteiger partial charge on any atom is 0.234 e. The number of terminal acetylenes is 1. The van der Waals surface area contributed by atoms with Gasteiger partial charge >= 0.3 is 0 Å². The predicted molar refractivity (Wildman–Crippen MR) is 94.6 cm³/mol. The van der Waals surface area contributed by atoms with E-state index in [4.69, 9.17) is 6.42 Å². The molecule has 2 atom stereocenters. The third-order valence-electron chi connectivity index (χ3n) is 4.88. The fraction of sp³-hybridized carbons (Fsp3) is 0.526. The molecule has 25 heavy (non-hydrogen) atoms. The van der Waals surface area contributed by atoms with Crippen LogP contribution in [0.5, 0.6) is 0 Å². The summed E-state index contributed by atoms with van der Waals surface area (Å²) in [7, 11) is 0. The van der Waals surface area contributed by atoms with Gasteiger partial charge in [0.1, 0.15) is 0 Å². The van der Waals surface area contributed by atoms with Gasteiger partial charge in [0.25, 0.3) is 0 Å². The molecule has 3 rings (SSSR count). The second-order valence-corrected chi connectivity index (χ2v) is 6.67. The molecule has 6 heteroatoms. The summed E-state index contributed by atoms with van der Waals surface area (Å²) < 4.78 is 0. The number of hydrogen-bond acceptors (Lipinski definition) is 4. The van der Waals surface area contributed by atoms with E-state index < -0.39 is 0 Å². The maximum absolute atomic E-state index is 12.8. The molecule has 1 saturated carbocycles. The van der Waals surface area contributed by atoms with Crippen molar-refractivity contribution in [3.05, 3.63) is 30.1 Å². The molecule has 6 nitrogen and oxygen atoms in total. The highest BCUT2D eigenvalue weighted by atomic mass is 16.2. The van der Waals surface area contributed by atoms with Crippen LogP contribution in [-0.4, -0.2) is 65.9 Å². The number of pyridine rings is 1. The van der Waals surface area contributed by atoms with E-state index in [1.807, 2.05) is 23.2 Å². The van der Waals surface area contributed by atoms with E-state index in [-0.39, 0.29) is 24.3 Å². The van der Waals surface area contributed by atoms with Crippen molar-refractivity contribution in [1.29, 1.82) is 0 Å². The molecule has 1 N–H and O–H groups in total. The van der Waals surface area contributed by atoms with Gasteiger partial charge in [-0.1, -0.05) is 12.0 Å². The highest BCUT2D eigenvalue weighted by Crippen LogP contribution is 2.48. The van der Waals surface area contributed by atoms with Gasteiger partial charge in [-0.25, -0.2) is 0 Å². The van der Waals surface area contributed by atoms with Gasteiger partial charge < -0.3 is 10.2 Å². The summed E-state index contributed by atoms with van der Waals surface area (Å²) in [5, 5.41) is 2.68. The molecule has 1 aliphatic carbocycles. The highest BCUT2D eigenvalue weighted by Gasteiger charge is 2.45. The number of hydrogen-bond donors (Lipinski definition) is 1. The Hall–Kier alpha value is -2.39. The van der Waals surface area contributed by atoms with Crippen molar-refractivity contribution < 1.29 is 9.59 Å². The summed E-state index contributed by atoms with van der Waals surface area (Å²) in [6.45, 7) is 3.58. The molecule has 1 aromatic rings. The Morgan fingerprint density at radius 2 is 2.20 bits per heavy atom. The van der Waals surface area contributed by atoms with Crippen LogP contribution in [0.2, 0.25) is 0 Å². The van der Waals surface area contributed by atoms with Gasteiger partial charge in [-0.05, 0) is 30.4 Å². The number of carbonyl (C=O) groups excluding carboxylic acids is 2. The lowest BCUT2D eigenvalue weighted by molar-refractivity contribution is -0.132. The second kappa shape index (κ2) is 8.13. The summed E-state index contributed by atoms with van der Waals surface area (Å²) in [5.41, 5.74) is 1.16. The average molecular weight is 340 g/mol. The number of rotatable bonds is 5. The largest absolute Gasteiger partial charge is 0.344 e. The first-order valence-corrected chi connectivity index (χ1v) is 8.80. The fourth-order valence-electron chi connectivity index (χ4n) is 3.42. The van der Waals surface area contributed by atoms with E-state index in [0.29, 0.717) is 19.0 Å². The molecule has 0 spiro atoms. The van der Waals surface area contributed by atoms with Gasteiger partial charge in [0.2, 0.25) is 11.8 Å². The van der Waals surface area contributed by atoms with Gasteiger partial charge in [0, 0.05) is 44.5 Å². The van der Waals surface area contributed by atoms with E-state index in [1.54, 1.807) is 6.20 Å². The van der Waals surface area contributed by atoms with Crippen LogP contribution in [0.15, 0.2) is 24.5 Å². The van der Waals surface area contributed by atoms with E-state index in [9.17, 15) is 9.59 Å². The zero-order valence-corrected chi connectivity index (χ0v) is 14.4. The molecular weight excluding hydrogens is 316 g/mol. The van der Waals surface area contributed by atoms with E-state index in [1.165, 1.54) is 0 Å². The summed E-state index contributed by atoms with van der Waals surface area (Å²) >= 11 is 0. The van der Waals surface area contributed by atoms with Gasteiger partial charge in [-0.3, -0.25) is 19.5 Å². The molecule has 0 aromatic carbocycles. The third-order valence-corrected chi connectivity index (χ3v) is 4.88. The molecule has 132 valence electrons. The first-order valence-electron chi connectivity index (χ1n) is 8.80. The topological polar surface area (TPSA) is 65.5 Å². The number of nitrogens with one attached hydrogen (secondary N) is 1. The molecule has 2 amide bonds. The van der Waals surface area contributed by atoms with Crippen LogP contribution in [0.1, 0.15) is 24.3 Å². The van der Waals surface area contributed by atoms with E-state index in [0.717, 1.165) is 38.0 Å². The molecule has 2 fully saturated rings. The van der Waals surface area contributed by atoms with E-state index >= 15 is 0 Å². The Labute approximate surface area is 148 Å². The van der Waals surface area contributed by atoms with E-state index in [2.05, 4.69) is 21.1 Å². The summed E-state index contributed by atoms with van der Waals surface area (Å²) in [5.74, 6) is 2.99. The molecular formula is C19H24N4O2. The lowest BCUT2D eigenvalue weighted by atomic mass is 10.1. The van der Waals surface area contributed by atoms with Crippen LogP contribution in [0, 0.1) is 18.3 Å². The SMILES string of the molecule is C#CCNC(=O)CN1CCCN(C(=O)C2CC2c2cccnc2)CC1. The standard InChI is InChI=1S/C19H24N4O2/c1-2-6-21-18(24)14-22-8-4-9-23(11-10-22)19(25)17-12-16(17)15-5-3-7-20-13-15/h1,3,5,7,13,16-17H,4,6,8-12,14H2,(H,21,24). The molecule has 2 unspecified atom stereocenters.